The zero-order valence-corrected chi connectivity index (χ0v) is 16.5. The van der Waals surface area contributed by atoms with E-state index in [1.165, 1.54) is 0 Å². The molecule has 7 heteroatoms. The van der Waals surface area contributed by atoms with Crippen LogP contribution in [-0.4, -0.2) is 40.8 Å². The molecule has 0 fully saturated rings. The first-order valence-corrected chi connectivity index (χ1v) is 9.42. The molecule has 0 bridgehead atoms. The van der Waals surface area contributed by atoms with Gasteiger partial charge in [0.1, 0.15) is 0 Å². The number of nitrogens with zero attached hydrogens (tertiary/aromatic N) is 3. The fourth-order valence-electron chi connectivity index (χ4n) is 2.20. The van der Waals surface area contributed by atoms with Crippen molar-refractivity contribution >= 4 is 23.4 Å². The molecule has 0 saturated carbocycles. The number of nitrogens with one attached hydrogen (secondary N) is 1. The lowest BCUT2D eigenvalue weighted by Gasteiger charge is -2.21. The number of likely N-dealkylation sites (N-methyl/N-ethyl adjacent to an activating group) is 1. The summed E-state index contributed by atoms with van der Waals surface area (Å²) in [6.45, 7) is 8.28. The molecule has 25 heavy (non-hydrogen) atoms. The van der Waals surface area contributed by atoms with E-state index in [0.29, 0.717) is 11.7 Å². The molecule has 1 heterocycles. The Labute approximate surface area is 153 Å². The van der Waals surface area contributed by atoms with E-state index < -0.39 is 0 Å². The smallest absolute Gasteiger partial charge is 0.243 e. The molecule has 6 nitrogen and oxygen atoms in total. The molecular weight excluding hydrogens is 336 g/mol. The predicted octanol–water partition coefficient (Wildman–Crippen LogP) is 3.72. The van der Waals surface area contributed by atoms with Crippen LogP contribution in [0.5, 0.6) is 0 Å². The van der Waals surface area contributed by atoms with Crippen molar-refractivity contribution in [2.24, 2.45) is 0 Å². The molecule has 1 atom stereocenters. The van der Waals surface area contributed by atoms with Crippen LogP contribution in [0.1, 0.15) is 45.5 Å². The molecule has 2 rings (SSSR count). The van der Waals surface area contributed by atoms with E-state index >= 15 is 0 Å². The van der Waals surface area contributed by atoms with Crippen LogP contribution in [0.2, 0.25) is 0 Å². The van der Waals surface area contributed by atoms with Gasteiger partial charge in [0.25, 0.3) is 0 Å². The van der Waals surface area contributed by atoms with Gasteiger partial charge in [-0.1, -0.05) is 38.1 Å². The van der Waals surface area contributed by atoms with E-state index in [-0.39, 0.29) is 23.9 Å². The standard InChI is InChI=1S/C18H26N4O2S/c1-12(16-20-17(21-24-16)18(2,3)4)22(5)11-15(23)19-13-9-7-8-10-14(13)25-6/h7-10,12H,11H2,1-6H3,(H,19,23)/t12-/m0/s1. The number of para-hydroxylation sites is 1. The van der Waals surface area contributed by atoms with Crippen molar-refractivity contribution in [3.63, 3.8) is 0 Å². The van der Waals surface area contributed by atoms with Crippen LogP contribution < -0.4 is 5.32 Å². The summed E-state index contributed by atoms with van der Waals surface area (Å²) in [5.41, 5.74) is 0.660. The Kier molecular flexibility index (Phi) is 6.24. The number of hydrogen-bond acceptors (Lipinski definition) is 6. The summed E-state index contributed by atoms with van der Waals surface area (Å²) in [6, 6.07) is 7.61. The van der Waals surface area contributed by atoms with Gasteiger partial charge in [0.15, 0.2) is 5.82 Å². The van der Waals surface area contributed by atoms with E-state index in [4.69, 9.17) is 4.52 Å². The third-order valence-electron chi connectivity index (χ3n) is 3.91. The molecule has 0 aliphatic heterocycles. The Balaban J connectivity index is 1.99. The number of anilines is 1. The van der Waals surface area contributed by atoms with Gasteiger partial charge in [0.05, 0.1) is 18.3 Å². The maximum absolute atomic E-state index is 12.4. The van der Waals surface area contributed by atoms with E-state index in [0.717, 1.165) is 10.6 Å². The van der Waals surface area contributed by atoms with Crippen molar-refractivity contribution in [2.45, 2.75) is 44.0 Å². The van der Waals surface area contributed by atoms with Crippen molar-refractivity contribution in [3.05, 3.63) is 36.0 Å². The number of hydrogen-bond donors (Lipinski definition) is 1. The lowest BCUT2D eigenvalue weighted by molar-refractivity contribution is -0.117. The molecule has 136 valence electrons. The fraction of sp³-hybridized carbons (Fsp3) is 0.500. The van der Waals surface area contributed by atoms with Crippen LogP contribution in [0.4, 0.5) is 5.69 Å². The van der Waals surface area contributed by atoms with Gasteiger partial charge in [0.2, 0.25) is 11.8 Å². The van der Waals surface area contributed by atoms with Crippen LogP contribution in [0, 0.1) is 0 Å². The van der Waals surface area contributed by atoms with Gasteiger partial charge in [-0.25, -0.2) is 0 Å². The Morgan fingerprint density at radius 2 is 2.04 bits per heavy atom. The number of rotatable bonds is 6. The maximum Gasteiger partial charge on any atom is 0.243 e. The van der Waals surface area contributed by atoms with Crippen molar-refractivity contribution in [2.75, 3.05) is 25.2 Å². The fourth-order valence-corrected chi connectivity index (χ4v) is 2.75. The molecule has 1 amide bonds. The summed E-state index contributed by atoms with van der Waals surface area (Å²) in [4.78, 5) is 19.8. The molecule has 1 aromatic carbocycles. The minimum Gasteiger partial charge on any atom is -0.338 e. The SMILES string of the molecule is CSc1ccccc1NC(=O)CN(C)[C@@H](C)c1nc(C(C)(C)C)no1. The number of carbonyl (C=O) groups is 1. The van der Waals surface area contributed by atoms with Gasteiger partial charge in [-0.15, -0.1) is 11.8 Å². The number of carbonyl (C=O) groups excluding carboxylic acids is 1. The molecule has 0 saturated heterocycles. The largest absolute Gasteiger partial charge is 0.338 e. The second-order valence-electron chi connectivity index (χ2n) is 7.05. The van der Waals surface area contributed by atoms with E-state index in [9.17, 15) is 4.79 Å². The van der Waals surface area contributed by atoms with Gasteiger partial charge < -0.3 is 9.84 Å². The number of amides is 1. The Morgan fingerprint density at radius 3 is 2.64 bits per heavy atom. The quantitative estimate of drug-likeness (QED) is 0.790. The normalized spacial score (nSPS) is 13.1. The Morgan fingerprint density at radius 1 is 1.36 bits per heavy atom. The van der Waals surface area contributed by atoms with Gasteiger partial charge in [-0.05, 0) is 32.4 Å². The van der Waals surface area contributed by atoms with Crippen molar-refractivity contribution in [3.8, 4) is 0 Å². The summed E-state index contributed by atoms with van der Waals surface area (Å²) >= 11 is 1.60. The highest BCUT2D eigenvalue weighted by Crippen LogP contribution is 2.25. The molecule has 1 N–H and O–H groups in total. The first-order valence-electron chi connectivity index (χ1n) is 8.19. The van der Waals surface area contributed by atoms with E-state index in [1.807, 2.05) is 70.2 Å². The second-order valence-corrected chi connectivity index (χ2v) is 7.89. The zero-order chi connectivity index (χ0) is 18.6. The molecule has 0 aliphatic rings. The second kappa shape index (κ2) is 8.01. The van der Waals surface area contributed by atoms with Gasteiger partial charge in [0, 0.05) is 10.3 Å². The van der Waals surface area contributed by atoms with Gasteiger partial charge in [-0.3, -0.25) is 9.69 Å². The molecule has 0 unspecified atom stereocenters. The Bertz CT molecular complexity index is 724. The predicted molar refractivity (Wildman–Crippen MR) is 101 cm³/mol. The first-order chi connectivity index (χ1) is 11.7. The molecule has 0 radical (unpaired) electrons. The number of thioether (sulfide) groups is 1. The first kappa shape index (κ1) is 19.5. The van der Waals surface area contributed by atoms with Crippen LogP contribution in [0.3, 0.4) is 0 Å². The number of benzene rings is 1. The lowest BCUT2D eigenvalue weighted by atomic mass is 9.96. The summed E-state index contributed by atoms with van der Waals surface area (Å²) < 4.78 is 5.37. The molecular formula is C18H26N4O2S. The van der Waals surface area contributed by atoms with Crippen molar-refractivity contribution in [1.82, 2.24) is 15.0 Å². The topological polar surface area (TPSA) is 71.3 Å². The summed E-state index contributed by atoms with van der Waals surface area (Å²) in [6.07, 6.45) is 1.99. The zero-order valence-electron chi connectivity index (χ0n) is 15.7. The highest BCUT2D eigenvalue weighted by molar-refractivity contribution is 7.98. The molecule has 2 aromatic rings. The highest BCUT2D eigenvalue weighted by Gasteiger charge is 2.25. The summed E-state index contributed by atoms with van der Waals surface area (Å²) in [5, 5.41) is 7.00. The van der Waals surface area contributed by atoms with Gasteiger partial charge >= 0.3 is 0 Å². The van der Waals surface area contributed by atoms with E-state index in [2.05, 4.69) is 15.5 Å². The highest BCUT2D eigenvalue weighted by atomic mass is 32.2. The third-order valence-corrected chi connectivity index (χ3v) is 4.70. The minimum atomic E-state index is -0.168. The maximum atomic E-state index is 12.4. The molecule has 1 aromatic heterocycles. The van der Waals surface area contributed by atoms with E-state index in [1.54, 1.807) is 11.8 Å². The third kappa shape index (κ3) is 5.06. The van der Waals surface area contributed by atoms with Crippen LogP contribution in [-0.2, 0) is 10.2 Å². The van der Waals surface area contributed by atoms with Crippen LogP contribution in [0.15, 0.2) is 33.7 Å². The van der Waals surface area contributed by atoms with Gasteiger partial charge in [-0.2, -0.15) is 4.98 Å². The molecule has 0 aliphatic carbocycles. The summed E-state index contributed by atoms with van der Waals surface area (Å²) in [5.74, 6) is 1.11. The van der Waals surface area contributed by atoms with Crippen molar-refractivity contribution in [1.29, 1.82) is 0 Å². The monoisotopic (exact) mass is 362 g/mol. The number of aromatic nitrogens is 2. The average molecular weight is 362 g/mol. The van der Waals surface area contributed by atoms with Crippen molar-refractivity contribution < 1.29 is 9.32 Å². The molecule has 0 spiro atoms. The Hall–Kier alpha value is -1.86. The van der Waals surface area contributed by atoms with Crippen LogP contribution >= 0.6 is 11.8 Å². The minimum absolute atomic E-state index is 0.0774. The lowest BCUT2D eigenvalue weighted by Crippen LogP contribution is -2.32. The average Bonchev–Trinajstić information content (AvgIpc) is 3.04. The van der Waals surface area contributed by atoms with Crippen LogP contribution in [0.25, 0.3) is 0 Å². The summed E-state index contributed by atoms with van der Waals surface area (Å²) in [7, 11) is 1.87.